The van der Waals surface area contributed by atoms with E-state index in [-0.39, 0.29) is 0 Å². The zero-order valence-corrected chi connectivity index (χ0v) is 26.8. The van der Waals surface area contributed by atoms with Crippen molar-refractivity contribution in [2.75, 3.05) is 27.7 Å². The lowest BCUT2D eigenvalue weighted by atomic mass is 9.70. The van der Waals surface area contributed by atoms with Crippen LogP contribution in [0.3, 0.4) is 0 Å². The van der Waals surface area contributed by atoms with Gasteiger partial charge in [0.1, 0.15) is 5.60 Å². The van der Waals surface area contributed by atoms with Gasteiger partial charge in [0, 0.05) is 40.0 Å². The Bertz CT molecular complexity index is 1800. The smallest absolute Gasteiger partial charge is 0.328 e. The van der Waals surface area contributed by atoms with Crippen LogP contribution in [-0.2, 0) is 15.2 Å². The molecule has 1 heterocycles. The van der Waals surface area contributed by atoms with Crippen LogP contribution in [0.1, 0.15) is 29.0 Å². The van der Waals surface area contributed by atoms with Crippen LogP contribution in [0.25, 0.3) is 21.7 Å². The summed E-state index contributed by atoms with van der Waals surface area (Å²) in [7, 11) is 5.73. The molecule has 4 aromatic carbocycles. The molecule has 1 unspecified atom stereocenters. The average molecular weight is 672 g/mol. The minimum atomic E-state index is -1.26. The van der Waals surface area contributed by atoms with Gasteiger partial charge in [0.25, 0.3) is 0 Å². The Kier molecular flexibility index (Phi) is 11.1. The summed E-state index contributed by atoms with van der Waals surface area (Å²) in [5.41, 5.74) is 2.36. The SMILES string of the molecule is COc1nc2ccc(Br)cc2cc1C(c1ccccc1)[C@@](O)(CCN(C)C)c1cccc2ccccc12.O=C(O)/C=C/C(=O)O. The second-order valence-corrected chi connectivity index (χ2v) is 11.7. The minimum Gasteiger partial charge on any atom is -0.481 e. The standard InChI is InChI=1S/C32H31BrN2O2.C4H4O4/c1-35(2)19-18-32(36,28-15-9-13-22-10-7-8-14-26(22)28)30(23-11-5-4-6-12-23)27-21-24-20-25(33)16-17-29(24)34-31(27)37-3;5-3(6)1-2-4(7)8/h4-17,20-21,30,36H,18-19H2,1-3H3;1-2H,(H,5,6)(H,7,8)/b;2-1+/t30?,32-;/m1./s1. The molecule has 0 aliphatic heterocycles. The van der Waals surface area contributed by atoms with Crippen LogP contribution in [0.4, 0.5) is 0 Å². The van der Waals surface area contributed by atoms with Gasteiger partial charge < -0.3 is 25.0 Å². The Morgan fingerprint density at radius 3 is 2.18 bits per heavy atom. The van der Waals surface area contributed by atoms with E-state index in [0.29, 0.717) is 31.0 Å². The molecule has 3 N–H and O–H groups in total. The monoisotopic (exact) mass is 670 g/mol. The number of rotatable bonds is 10. The van der Waals surface area contributed by atoms with E-state index in [2.05, 4.69) is 69.4 Å². The van der Waals surface area contributed by atoms with Gasteiger partial charge in [-0.3, -0.25) is 0 Å². The molecule has 0 bridgehead atoms. The van der Waals surface area contributed by atoms with Crippen LogP contribution in [0, 0.1) is 0 Å². The first-order valence-corrected chi connectivity index (χ1v) is 15.0. The number of aromatic nitrogens is 1. The number of benzene rings is 4. The number of hydrogen-bond donors (Lipinski definition) is 3. The van der Waals surface area contributed by atoms with Crippen molar-refractivity contribution in [1.82, 2.24) is 9.88 Å². The molecule has 5 rings (SSSR count). The van der Waals surface area contributed by atoms with E-state index in [4.69, 9.17) is 19.9 Å². The molecule has 5 aromatic rings. The molecule has 0 saturated heterocycles. The number of carbonyl (C=O) groups is 2. The molecular weight excluding hydrogens is 636 g/mol. The fourth-order valence-electron chi connectivity index (χ4n) is 5.45. The van der Waals surface area contributed by atoms with Crippen molar-refractivity contribution in [3.8, 4) is 5.88 Å². The maximum atomic E-state index is 13.0. The van der Waals surface area contributed by atoms with Crippen molar-refractivity contribution in [2.45, 2.75) is 17.9 Å². The molecule has 45 heavy (non-hydrogen) atoms. The zero-order chi connectivity index (χ0) is 32.6. The van der Waals surface area contributed by atoms with Gasteiger partial charge in [-0.15, -0.1) is 0 Å². The highest BCUT2D eigenvalue weighted by molar-refractivity contribution is 9.10. The predicted molar refractivity (Wildman–Crippen MR) is 180 cm³/mol. The quantitative estimate of drug-likeness (QED) is 0.138. The third-order valence-corrected chi connectivity index (χ3v) is 7.94. The maximum absolute atomic E-state index is 13.0. The number of methoxy groups -OCH3 is 1. The second kappa shape index (κ2) is 14.9. The highest BCUT2D eigenvalue weighted by atomic mass is 79.9. The van der Waals surface area contributed by atoms with Crippen molar-refractivity contribution in [3.05, 3.63) is 130 Å². The molecule has 0 amide bonds. The van der Waals surface area contributed by atoms with Gasteiger partial charge in [-0.25, -0.2) is 14.6 Å². The number of carboxylic acid groups (broad SMARTS) is 2. The number of hydrogen-bond acceptors (Lipinski definition) is 6. The Labute approximate surface area is 270 Å². The molecule has 2 atom stereocenters. The molecule has 9 heteroatoms. The number of carboxylic acids is 2. The molecule has 0 aliphatic rings. The summed E-state index contributed by atoms with van der Waals surface area (Å²) in [4.78, 5) is 26.1. The normalized spacial score (nSPS) is 13.3. The topological polar surface area (TPSA) is 120 Å². The highest BCUT2D eigenvalue weighted by Gasteiger charge is 2.43. The summed E-state index contributed by atoms with van der Waals surface area (Å²) in [6.45, 7) is 0.706. The number of aliphatic hydroxyl groups is 1. The van der Waals surface area contributed by atoms with Crippen LogP contribution in [0.2, 0.25) is 0 Å². The number of fused-ring (bicyclic) bond motifs is 2. The van der Waals surface area contributed by atoms with E-state index in [0.717, 1.165) is 42.8 Å². The van der Waals surface area contributed by atoms with Crippen molar-refractivity contribution in [2.24, 2.45) is 0 Å². The number of ether oxygens (including phenoxy) is 1. The lowest BCUT2D eigenvalue weighted by Gasteiger charge is -2.39. The Morgan fingerprint density at radius 2 is 1.53 bits per heavy atom. The maximum Gasteiger partial charge on any atom is 0.328 e. The van der Waals surface area contributed by atoms with E-state index < -0.39 is 23.5 Å². The van der Waals surface area contributed by atoms with Crippen molar-refractivity contribution in [1.29, 1.82) is 0 Å². The van der Waals surface area contributed by atoms with Gasteiger partial charge in [-0.1, -0.05) is 88.7 Å². The predicted octanol–water partition coefficient (Wildman–Crippen LogP) is 6.84. The van der Waals surface area contributed by atoms with Crippen molar-refractivity contribution < 1.29 is 29.6 Å². The largest absolute Gasteiger partial charge is 0.481 e. The lowest BCUT2D eigenvalue weighted by Crippen LogP contribution is -2.38. The fraction of sp³-hybridized carbons (Fsp3) is 0.194. The fourth-order valence-corrected chi connectivity index (χ4v) is 5.83. The summed E-state index contributed by atoms with van der Waals surface area (Å²) in [6.07, 6.45) is 1.64. The van der Waals surface area contributed by atoms with Crippen molar-refractivity contribution in [3.63, 3.8) is 0 Å². The molecule has 0 fully saturated rings. The summed E-state index contributed by atoms with van der Waals surface area (Å²) in [5, 5.41) is 31.8. The van der Waals surface area contributed by atoms with Crippen LogP contribution in [0.5, 0.6) is 5.88 Å². The molecular formula is C36H35BrN2O6. The number of aliphatic carboxylic acids is 2. The first-order valence-electron chi connectivity index (χ1n) is 14.2. The number of pyridine rings is 1. The van der Waals surface area contributed by atoms with Crippen LogP contribution in [-0.4, -0.2) is 64.9 Å². The van der Waals surface area contributed by atoms with Gasteiger partial charge >= 0.3 is 11.9 Å². The van der Waals surface area contributed by atoms with Crippen LogP contribution < -0.4 is 4.74 Å². The van der Waals surface area contributed by atoms with Gasteiger partial charge in [-0.05, 0) is 66.7 Å². The van der Waals surface area contributed by atoms with Gasteiger partial charge in [0.15, 0.2) is 0 Å². The number of halogens is 1. The Balaban J connectivity index is 0.000000510. The van der Waals surface area contributed by atoms with E-state index in [1.165, 1.54) is 0 Å². The molecule has 0 saturated carbocycles. The van der Waals surface area contributed by atoms with E-state index in [9.17, 15) is 14.7 Å². The molecule has 1 aromatic heterocycles. The van der Waals surface area contributed by atoms with Gasteiger partial charge in [0.05, 0.1) is 12.6 Å². The summed E-state index contributed by atoms with van der Waals surface area (Å²) in [6, 6.07) is 32.8. The van der Waals surface area contributed by atoms with Crippen molar-refractivity contribution >= 4 is 49.5 Å². The van der Waals surface area contributed by atoms with E-state index in [1.807, 2.05) is 62.6 Å². The number of nitrogens with zero attached hydrogens (tertiary/aromatic N) is 2. The first kappa shape index (κ1) is 33.3. The summed E-state index contributed by atoms with van der Waals surface area (Å²) >= 11 is 3.60. The molecule has 8 nitrogen and oxygen atoms in total. The summed E-state index contributed by atoms with van der Waals surface area (Å²) in [5.74, 6) is -2.42. The highest BCUT2D eigenvalue weighted by Crippen LogP contribution is 2.49. The van der Waals surface area contributed by atoms with Crippen LogP contribution in [0.15, 0.2) is 114 Å². The average Bonchev–Trinajstić information content (AvgIpc) is 3.03. The first-order chi connectivity index (χ1) is 21.5. The summed E-state index contributed by atoms with van der Waals surface area (Å²) < 4.78 is 6.86. The molecule has 232 valence electrons. The van der Waals surface area contributed by atoms with Gasteiger partial charge in [0.2, 0.25) is 5.88 Å². The zero-order valence-electron chi connectivity index (χ0n) is 25.2. The second-order valence-electron chi connectivity index (χ2n) is 10.8. The molecule has 0 radical (unpaired) electrons. The Morgan fingerprint density at radius 1 is 0.889 bits per heavy atom. The van der Waals surface area contributed by atoms with Crippen LogP contribution >= 0.6 is 15.9 Å². The Hall–Kier alpha value is -4.57. The lowest BCUT2D eigenvalue weighted by molar-refractivity contribution is -0.134. The third kappa shape index (κ3) is 8.13. The third-order valence-electron chi connectivity index (χ3n) is 7.45. The molecule has 0 aliphatic carbocycles. The van der Waals surface area contributed by atoms with Gasteiger partial charge in [-0.2, -0.15) is 0 Å². The molecule has 0 spiro atoms. The van der Waals surface area contributed by atoms with E-state index in [1.54, 1.807) is 7.11 Å². The minimum absolute atomic E-state index is 0.426. The van der Waals surface area contributed by atoms with E-state index >= 15 is 0 Å².